The van der Waals surface area contributed by atoms with Crippen molar-refractivity contribution < 1.29 is 4.74 Å². The molecule has 0 spiro atoms. The summed E-state index contributed by atoms with van der Waals surface area (Å²) in [7, 11) is 0. The quantitative estimate of drug-likeness (QED) is 0.887. The lowest BCUT2D eigenvalue weighted by atomic mass is 10.0. The third-order valence-electron chi connectivity index (χ3n) is 3.76. The molecule has 1 aromatic carbocycles. The molecule has 1 aliphatic heterocycles. The summed E-state index contributed by atoms with van der Waals surface area (Å²) >= 11 is 0. The van der Waals surface area contributed by atoms with Crippen LogP contribution in [0.5, 0.6) is 0 Å². The molecule has 1 heterocycles. The van der Waals surface area contributed by atoms with Crippen LogP contribution in [-0.2, 0) is 4.74 Å². The lowest BCUT2D eigenvalue weighted by Gasteiger charge is -2.36. The van der Waals surface area contributed by atoms with Crippen molar-refractivity contribution in [3.8, 4) is 0 Å². The van der Waals surface area contributed by atoms with Gasteiger partial charge in [-0.1, -0.05) is 36.8 Å². The highest BCUT2D eigenvalue weighted by Gasteiger charge is 2.23. The van der Waals surface area contributed by atoms with Crippen LogP contribution in [0.3, 0.4) is 0 Å². The third-order valence-corrected chi connectivity index (χ3v) is 3.76. The molecule has 0 radical (unpaired) electrons. The van der Waals surface area contributed by atoms with Crippen molar-refractivity contribution >= 4 is 0 Å². The molecular weight excluding hydrogens is 224 g/mol. The number of morpholine rings is 1. The van der Waals surface area contributed by atoms with Gasteiger partial charge in [0.15, 0.2) is 0 Å². The Labute approximate surface area is 110 Å². The standard InChI is InChI=1S/C15H24N2O/c1-3-14-11-18-9-8-17(14)10-15(16)13-6-4-12(2)5-7-13/h4-7,14-15H,3,8-11,16H2,1-2H3. The van der Waals surface area contributed by atoms with Crippen LogP contribution in [0.25, 0.3) is 0 Å². The zero-order valence-corrected chi connectivity index (χ0v) is 11.4. The molecule has 1 aliphatic rings. The van der Waals surface area contributed by atoms with E-state index in [-0.39, 0.29) is 6.04 Å². The number of aryl methyl sites for hydroxylation is 1. The molecule has 1 saturated heterocycles. The molecular formula is C15H24N2O. The Hall–Kier alpha value is -0.900. The van der Waals surface area contributed by atoms with Crippen LogP contribution in [0.1, 0.15) is 30.5 Å². The van der Waals surface area contributed by atoms with E-state index in [0.29, 0.717) is 6.04 Å². The summed E-state index contributed by atoms with van der Waals surface area (Å²) in [6.45, 7) is 7.91. The number of nitrogens with zero attached hydrogens (tertiary/aromatic N) is 1. The molecule has 2 rings (SSSR count). The fourth-order valence-electron chi connectivity index (χ4n) is 2.48. The molecule has 3 heteroatoms. The van der Waals surface area contributed by atoms with E-state index in [9.17, 15) is 0 Å². The van der Waals surface area contributed by atoms with Gasteiger partial charge < -0.3 is 10.5 Å². The van der Waals surface area contributed by atoms with Gasteiger partial charge in [0.1, 0.15) is 0 Å². The van der Waals surface area contributed by atoms with E-state index < -0.39 is 0 Å². The number of benzene rings is 1. The Balaban J connectivity index is 1.97. The number of rotatable bonds is 4. The van der Waals surface area contributed by atoms with Crippen LogP contribution in [0.2, 0.25) is 0 Å². The normalized spacial score (nSPS) is 22.9. The Morgan fingerprint density at radius 2 is 2.11 bits per heavy atom. The molecule has 0 amide bonds. The van der Waals surface area contributed by atoms with Gasteiger partial charge in [-0.3, -0.25) is 4.90 Å². The predicted octanol–water partition coefficient (Wildman–Crippen LogP) is 2.11. The predicted molar refractivity (Wildman–Crippen MR) is 74.6 cm³/mol. The zero-order valence-electron chi connectivity index (χ0n) is 11.4. The molecule has 100 valence electrons. The van der Waals surface area contributed by atoms with Crippen LogP contribution in [0, 0.1) is 6.92 Å². The summed E-state index contributed by atoms with van der Waals surface area (Å²) < 4.78 is 5.52. The molecule has 0 aromatic heterocycles. The van der Waals surface area contributed by atoms with Crippen LogP contribution >= 0.6 is 0 Å². The molecule has 18 heavy (non-hydrogen) atoms. The maximum atomic E-state index is 6.31. The summed E-state index contributed by atoms with van der Waals surface area (Å²) in [6, 6.07) is 9.16. The van der Waals surface area contributed by atoms with Crippen LogP contribution in [0.15, 0.2) is 24.3 Å². The van der Waals surface area contributed by atoms with Gasteiger partial charge in [-0.15, -0.1) is 0 Å². The van der Waals surface area contributed by atoms with Crippen LogP contribution < -0.4 is 5.73 Å². The highest BCUT2D eigenvalue weighted by Crippen LogP contribution is 2.17. The summed E-state index contributed by atoms with van der Waals surface area (Å²) in [6.07, 6.45) is 1.13. The fourth-order valence-corrected chi connectivity index (χ4v) is 2.48. The SMILES string of the molecule is CCC1COCCN1CC(N)c1ccc(C)cc1. The summed E-state index contributed by atoms with van der Waals surface area (Å²) in [5, 5.41) is 0. The minimum atomic E-state index is 0.0951. The third kappa shape index (κ3) is 3.31. The van der Waals surface area contributed by atoms with E-state index in [1.165, 1.54) is 11.1 Å². The topological polar surface area (TPSA) is 38.5 Å². The van der Waals surface area contributed by atoms with Crippen molar-refractivity contribution in [3.05, 3.63) is 35.4 Å². The maximum Gasteiger partial charge on any atom is 0.0622 e. The van der Waals surface area contributed by atoms with Gasteiger partial charge in [0.25, 0.3) is 0 Å². The highest BCUT2D eigenvalue weighted by molar-refractivity contribution is 5.24. The summed E-state index contributed by atoms with van der Waals surface area (Å²) in [4.78, 5) is 2.47. The highest BCUT2D eigenvalue weighted by atomic mass is 16.5. The molecule has 0 bridgehead atoms. The molecule has 0 saturated carbocycles. The van der Waals surface area contributed by atoms with Gasteiger partial charge in [-0.2, -0.15) is 0 Å². The van der Waals surface area contributed by atoms with Gasteiger partial charge >= 0.3 is 0 Å². The molecule has 2 unspecified atom stereocenters. The maximum absolute atomic E-state index is 6.31. The number of hydrogen-bond acceptors (Lipinski definition) is 3. The molecule has 2 atom stereocenters. The number of ether oxygens (including phenoxy) is 1. The Bertz CT molecular complexity index is 363. The number of hydrogen-bond donors (Lipinski definition) is 1. The smallest absolute Gasteiger partial charge is 0.0622 e. The average molecular weight is 248 g/mol. The molecule has 0 aliphatic carbocycles. The second kappa shape index (κ2) is 6.32. The minimum absolute atomic E-state index is 0.0951. The lowest BCUT2D eigenvalue weighted by molar-refractivity contribution is -0.0110. The first kappa shape index (κ1) is 13.5. The first-order chi connectivity index (χ1) is 8.70. The van der Waals surface area contributed by atoms with Crippen molar-refractivity contribution in [3.63, 3.8) is 0 Å². The summed E-state index contributed by atoms with van der Waals surface area (Å²) in [5.41, 5.74) is 8.82. The van der Waals surface area contributed by atoms with Crippen molar-refractivity contribution in [1.82, 2.24) is 4.90 Å². The minimum Gasteiger partial charge on any atom is -0.378 e. The van der Waals surface area contributed by atoms with Gasteiger partial charge in [0.2, 0.25) is 0 Å². The van der Waals surface area contributed by atoms with E-state index in [4.69, 9.17) is 10.5 Å². The molecule has 3 nitrogen and oxygen atoms in total. The second-order valence-corrected chi connectivity index (χ2v) is 5.15. The van der Waals surface area contributed by atoms with E-state index in [1.807, 2.05) is 0 Å². The van der Waals surface area contributed by atoms with Crippen LogP contribution in [0.4, 0.5) is 0 Å². The fraction of sp³-hybridized carbons (Fsp3) is 0.600. The Kier molecular flexibility index (Phi) is 4.75. The van der Waals surface area contributed by atoms with Crippen LogP contribution in [-0.4, -0.2) is 37.2 Å². The van der Waals surface area contributed by atoms with Crippen molar-refractivity contribution in [2.75, 3.05) is 26.3 Å². The van der Waals surface area contributed by atoms with E-state index in [0.717, 1.165) is 32.7 Å². The monoisotopic (exact) mass is 248 g/mol. The van der Waals surface area contributed by atoms with Crippen molar-refractivity contribution in [1.29, 1.82) is 0 Å². The van der Waals surface area contributed by atoms with Gasteiger partial charge in [-0.25, -0.2) is 0 Å². The lowest BCUT2D eigenvalue weighted by Crippen LogP contribution is -2.47. The molecule has 1 fully saturated rings. The van der Waals surface area contributed by atoms with E-state index in [1.54, 1.807) is 0 Å². The molecule has 1 aromatic rings. The Morgan fingerprint density at radius 3 is 2.78 bits per heavy atom. The van der Waals surface area contributed by atoms with Crippen molar-refractivity contribution in [2.45, 2.75) is 32.4 Å². The van der Waals surface area contributed by atoms with Gasteiger partial charge in [0.05, 0.1) is 13.2 Å². The second-order valence-electron chi connectivity index (χ2n) is 5.15. The van der Waals surface area contributed by atoms with Gasteiger partial charge in [-0.05, 0) is 18.9 Å². The largest absolute Gasteiger partial charge is 0.378 e. The Morgan fingerprint density at radius 1 is 1.39 bits per heavy atom. The van der Waals surface area contributed by atoms with Gasteiger partial charge in [0, 0.05) is 25.2 Å². The zero-order chi connectivity index (χ0) is 13.0. The van der Waals surface area contributed by atoms with E-state index in [2.05, 4.69) is 43.0 Å². The van der Waals surface area contributed by atoms with E-state index >= 15 is 0 Å². The number of nitrogens with two attached hydrogens (primary N) is 1. The average Bonchev–Trinajstić information content (AvgIpc) is 2.40. The summed E-state index contributed by atoms with van der Waals surface area (Å²) in [5.74, 6) is 0. The van der Waals surface area contributed by atoms with Crippen molar-refractivity contribution in [2.24, 2.45) is 5.73 Å². The molecule has 2 N–H and O–H groups in total. The first-order valence-corrected chi connectivity index (χ1v) is 6.84. The first-order valence-electron chi connectivity index (χ1n) is 6.84.